The zero-order chi connectivity index (χ0) is 38.0. The number of hydrogen-bond acceptors (Lipinski definition) is 3. The van der Waals surface area contributed by atoms with Crippen LogP contribution in [0.3, 0.4) is 0 Å². The second kappa shape index (κ2) is 13.7. The maximum Gasteiger partial charge on any atom is 0.530 e. The molecule has 3 aliphatic carbocycles. The molecule has 0 amide bonds. The van der Waals surface area contributed by atoms with Gasteiger partial charge in [0, 0.05) is 0 Å². The van der Waals surface area contributed by atoms with Crippen LogP contribution in [0.1, 0.15) is 74.9 Å². The van der Waals surface area contributed by atoms with Crippen LogP contribution in [0.4, 0.5) is 0 Å². The summed E-state index contributed by atoms with van der Waals surface area (Å²) in [4.78, 5) is 0. The highest BCUT2D eigenvalue weighted by Gasteiger charge is 2.29. The van der Waals surface area contributed by atoms with E-state index in [0.717, 1.165) is 38.5 Å². The largest absolute Gasteiger partial charge is 0.530 e. The third-order valence-electron chi connectivity index (χ3n) is 11.6. The second-order valence-corrected chi connectivity index (χ2v) is 19.6. The van der Waals surface area contributed by atoms with Gasteiger partial charge in [-0.2, -0.15) is 0 Å². The first-order valence-corrected chi connectivity index (χ1v) is 20.9. The molecule has 9 rings (SSSR count). The molecule has 0 saturated carbocycles. The molecule has 4 heteroatoms. The van der Waals surface area contributed by atoms with Crippen molar-refractivity contribution in [2.45, 2.75) is 80.1 Å². The molecule has 0 radical (unpaired) electrons. The van der Waals surface area contributed by atoms with E-state index in [2.05, 4.69) is 133 Å². The van der Waals surface area contributed by atoms with E-state index in [9.17, 15) is 0 Å². The zero-order valence-electron chi connectivity index (χ0n) is 33.0. The lowest BCUT2D eigenvalue weighted by Gasteiger charge is -2.31. The van der Waals surface area contributed by atoms with Crippen molar-refractivity contribution >= 4 is 8.60 Å². The van der Waals surface area contributed by atoms with Crippen molar-refractivity contribution in [2.24, 2.45) is 16.2 Å². The highest BCUT2D eigenvalue weighted by Crippen LogP contribution is 2.45. The summed E-state index contributed by atoms with van der Waals surface area (Å²) in [6.07, 6.45) is 6.61. The van der Waals surface area contributed by atoms with Crippen LogP contribution < -0.4 is 13.6 Å². The van der Waals surface area contributed by atoms with Gasteiger partial charge in [-0.1, -0.05) is 133 Å². The molecule has 3 aliphatic rings. The SMILES string of the molecule is CC1(C)Cc2ccc(-c3ccc(OP(Oc4ccc(-c5ccc6cc5CC(C)(C)C6)cc4)Oc4ccc(-c5ccc6cc5CC(C)(C)C6)cc4)cc3)c(c2)C1. The summed E-state index contributed by atoms with van der Waals surface area (Å²) in [5.41, 5.74) is 16.8. The standard InChI is InChI=1S/C51H51O3P/c1-49(2)28-34-7-22-46(40(25-34)31-49)37-10-16-43(17-11-37)52-55(53-44-18-12-38(13-19-44)47-23-8-35-26-41(47)32-50(3,4)29-35)54-45-20-14-39(15-21-45)48-24-9-36-27-42(48)33-51(5,6)30-36/h7-27H,28-33H2,1-6H3. The molecule has 0 unspecified atom stereocenters. The van der Waals surface area contributed by atoms with Gasteiger partial charge in [0.1, 0.15) is 17.2 Å². The van der Waals surface area contributed by atoms with Crippen molar-refractivity contribution in [3.05, 3.63) is 161 Å². The Morgan fingerprint density at radius 2 is 0.618 bits per heavy atom. The maximum atomic E-state index is 6.54. The molecule has 0 heterocycles. The summed E-state index contributed by atoms with van der Waals surface area (Å²) in [5, 5.41) is 0. The zero-order valence-corrected chi connectivity index (χ0v) is 33.9. The second-order valence-electron chi connectivity index (χ2n) is 18.6. The molecule has 0 aliphatic heterocycles. The van der Waals surface area contributed by atoms with E-state index in [1.54, 1.807) is 0 Å². The lowest BCUT2D eigenvalue weighted by Crippen LogP contribution is -2.22. The molecule has 0 saturated heterocycles. The first kappa shape index (κ1) is 35.8. The van der Waals surface area contributed by atoms with Gasteiger partial charge in [-0.3, -0.25) is 0 Å². The summed E-state index contributed by atoms with van der Waals surface area (Å²) in [6.45, 7) is 14.2. The van der Waals surface area contributed by atoms with E-state index in [4.69, 9.17) is 13.6 Å². The van der Waals surface area contributed by atoms with Gasteiger partial charge >= 0.3 is 8.60 Å². The minimum atomic E-state index is -1.83. The van der Waals surface area contributed by atoms with E-state index >= 15 is 0 Å². The van der Waals surface area contributed by atoms with Gasteiger partial charge in [0.2, 0.25) is 0 Å². The Morgan fingerprint density at radius 3 is 0.891 bits per heavy atom. The highest BCUT2D eigenvalue weighted by molar-refractivity contribution is 7.43. The van der Waals surface area contributed by atoms with Crippen molar-refractivity contribution in [1.82, 2.24) is 0 Å². The van der Waals surface area contributed by atoms with Crippen LogP contribution in [0.5, 0.6) is 17.2 Å². The Morgan fingerprint density at radius 1 is 0.345 bits per heavy atom. The monoisotopic (exact) mass is 742 g/mol. The van der Waals surface area contributed by atoms with Crippen molar-refractivity contribution < 1.29 is 13.6 Å². The summed E-state index contributed by atoms with van der Waals surface area (Å²) >= 11 is 0. The lowest BCUT2D eigenvalue weighted by molar-refractivity contribution is 0.351. The topological polar surface area (TPSA) is 27.7 Å². The summed E-state index contributed by atoms with van der Waals surface area (Å²) in [6, 6.07) is 45.9. The molecular weight excluding hydrogens is 692 g/mol. The van der Waals surface area contributed by atoms with Crippen molar-refractivity contribution in [3.8, 4) is 50.6 Å². The van der Waals surface area contributed by atoms with Gasteiger partial charge in [-0.25, -0.2) is 0 Å². The molecule has 278 valence electrons. The van der Waals surface area contributed by atoms with E-state index in [0.29, 0.717) is 17.2 Å². The number of benzene rings is 6. The van der Waals surface area contributed by atoms with Gasteiger partial charge in [0.25, 0.3) is 0 Å². The van der Waals surface area contributed by atoms with E-state index in [1.807, 2.05) is 36.4 Å². The minimum Gasteiger partial charge on any atom is -0.409 e. The summed E-state index contributed by atoms with van der Waals surface area (Å²) in [5.74, 6) is 2.12. The number of rotatable bonds is 9. The third kappa shape index (κ3) is 7.83. The van der Waals surface area contributed by atoms with E-state index < -0.39 is 8.60 Å². The van der Waals surface area contributed by atoms with Crippen LogP contribution >= 0.6 is 8.60 Å². The molecular formula is C51H51O3P. The smallest absolute Gasteiger partial charge is 0.409 e. The van der Waals surface area contributed by atoms with Gasteiger partial charge in [-0.15, -0.1) is 0 Å². The van der Waals surface area contributed by atoms with Gasteiger partial charge in [-0.05, 0) is 158 Å². The number of hydrogen-bond donors (Lipinski definition) is 0. The van der Waals surface area contributed by atoms with Crippen LogP contribution in [0.25, 0.3) is 33.4 Å². The molecule has 0 atom stereocenters. The van der Waals surface area contributed by atoms with Crippen LogP contribution in [-0.2, 0) is 38.5 Å². The third-order valence-corrected chi connectivity index (χ3v) is 12.7. The molecule has 0 fully saturated rings. The molecule has 0 aromatic heterocycles. The van der Waals surface area contributed by atoms with Crippen LogP contribution in [-0.4, -0.2) is 0 Å². The Hall–Kier alpha value is -4.85. The van der Waals surface area contributed by atoms with Crippen molar-refractivity contribution in [2.75, 3.05) is 0 Å². The van der Waals surface area contributed by atoms with Crippen LogP contribution in [0, 0.1) is 16.2 Å². The molecule has 55 heavy (non-hydrogen) atoms. The summed E-state index contributed by atoms with van der Waals surface area (Å²) in [7, 11) is -1.83. The maximum absolute atomic E-state index is 6.54. The van der Waals surface area contributed by atoms with Crippen LogP contribution in [0.2, 0.25) is 0 Å². The Kier molecular flexibility index (Phi) is 8.93. The molecule has 6 aromatic rings. The number of fused-ring (bicyclic) bond motifs is 6. The van der Waals surface area contributed by atoms with Gasteiger partial charge < -0.3 is 13.6 Å². The van der Waals surface area contributed by atoms with Crippen molar-refractivity contribution in [3.63, 3.8) is 0 Å². The predicted molar refractivity (Wildman–Crippen MR) is 228 cm³/mol. The van der Waals surface area contributed by atoms with E-state index in [1.165, 1.54) is 66.8 Å². The van der Waals surface area contributed by atoms with Gasteiger partial charge in [0.05, 0.1) is 0 Å². The Balaban J connectivity index is 0.966. The predicted octanol–water partition coefficient (Wildman–Crippen LogP) is 13.8. The fourth-order valence-corrected chi connectivity index (χ4v) is 10.3. The van der Waals surface area contributed by atoms with E-state index in [-0.39, 0.29) is 16.2 Å². The Labute approximate surface area is 328 Å². The molecule has 6 aromatic carbocycles. The first-order valence-electron chi connectivity index (χ1n) is 19.8. The van der Waals surface area contributed by atoms with Gasteiger partial charge in [0.15, 0.2) is 0 Å². The quantitative estimate of drug-likeness (QED) is 0.138. The fraction of sp³-hybridized carbons (Fsp3) is 0.294. The summed E-state index contributed by atoms with van der Waals surface area (Å²) < 4.78 is 19.6. The fourth-order valence-electron chi connectivity index (χ4n) is 9.35. The average Bonchev–Trinajstić information content (AvgIpc) is 3.11. The normalized spacial score (nSPS) is 17.1. The molecule has 0 spiro atoms. The molecule has 6 bridgehead atoms. The lowest BCUT2D eigenvalue weighted by atomic mass is 9.74. The molecule has 3 nitrogen and oxygen atoms in total. The minimum absolute atomic E-state index is 0.273. The molecule has 0 N–H and O–H groups in total. The van der Waals surface area contributed by atoms with Crippen molar-refractivity contribution in [1.29, 1.82) is 0 Å². The Bertz CT molecular complexity index is 2100. The highest BCUT2D eigenvalue weighted by atomic mass is 31.2. The average molecular weight is 743 g/mol. The van der Waals surface area contributed by atoms with Crippen LogP contribution in [0.15, 0.2) is 127 Å². The first-order chi connectivity index (χ1) is 26.3.